The van der Waals surface area contributed by atoms with E-state index in [1.54, 1.807) is 25.4 Å². The van der Waals surface area contributed by atoms with Crippen molar-refractivity contribution in [1.29, 1.82) is 0 Å². The number of ether oxygens (including phenoxy) is 2. The summed E-state index contributed by atoms with van der Waals surface area (Å²) in [7, 11) is 1.57. The van der Waals surface area contributed by atoms with Gasteiger partial charge in [-0.15, -0.1) is 0 Å². The highest BCUT2D eigenvalue weighted by Gasteiger charge is 2.12. The van der Waals surface area contributed by atoms with Gasteiger partial charge in [-0.05, 0) is 53.8 Å². The Bertz CT molecular complexity index is 935. The maximum atomic E-state index is 6.32. The van der Waals surface area contributed by atoms with Crippen LogP contribution in [0, 0.1) is 3.57 Å². The summed E-state index contributed by atoms with van der Waals surface area (Å²) < 4.78 is 12.0. The van der Waals surface area contributed by atoms with Crippen LogP contribution in [0.5, 0.6) is 11.5 Å². The van der Waals surface area contributed by atoms with Crippen LogP contribution in [-0.4, -0.2) is 18.7 Å². The lowest BCUT2D eigenvalue weighted by Gasteiger charge is -2.14. The Hall–Kier alpha value is -1.44. The van der Waals surface area contributed by atoms with E-state index in [4.69, 9.17) is 32.7 Å². The number of rotatable bonds is 5. The van der Waals surface area contributed by atoms with Crippen molar-refractivity contribution in [3.8, 4) is 11.5 Å². The number of hydrogen-bond acceptors (Lipinski definition) is 4. The highest BCUT2D eigenvalue weighted by molar-refractivity contribution is 14.1. The summed E-state index contributed by atoms with van der Waals surface area (Å²) >= 11 is 14.7. The molecule has 25 heavy (non-hydrogen) atoms. The van der Waals surface area contributed by atoms with Gasteiger partial charge in [-0.2, -0.15) is 0 Å². The van der Waals surface area contributed by atoms with Crippen LogP contribution in [0.15, 0.2) is 36.5 Å². The fraction of sp³-hybridized carbons (Fsp3) is 0.167. The molecular formula is C18H15Cl2IN2O2. The van der Waals surface area contributed by atoms with Crippen LogP contribution in [0.1, 0.15) is 6.92 Å². The Morgan fingerprint density at radius 2 is 1.88 bits per heavy atom. The van der Waals surface area contributed by atoms with E-state index in [9.17, 15) is 0 Å². The first-order valence-electron chi connectivity index (χ1n) is 7.54. The minimum atomic E-state index is 0.464. The smallest absolute Gasteiger partial charge is 0.139 e. The molecule has 0 bridgehead atoms. The molecule has 0 amide bonds. The molecule has 4 nitrogen and oxygen atoms in total. The summed E-state index contributed by atoms with van der Waals surface area (Å²) in [6, 6.07) is 9.30. The first kappa shape index (κ1) is 18.4. The predicted molar refractivity (Wildman–Crippen MR) is 112 cm³/mol. The molecule has 0 fully saturated rings. The highest BCUT2D eigenvalue weighted by atomic mass is 127. The van der Waals surface area contributed by atoms with Gasteiger partial charge in [0, 0.05) is 23.3 Å². The molecule has 7 heteroatoms. The van der Waals surface area contributed by atoms with E-state index in [2.05, 4.69) is 32.9 Å². The molecule has 0 radical (unpaired) electrons. The molecular weight excluding hydrogens is 474 g/mol. The van der Waals surface area contributed by atoms with E-state index in [-0.39, 0.29) is 0 Å². The second-order valence-corrected chi connectivity index (χ2v) is 7.16. The summed E-state index contributed by atoms with van der Waals surface area (Å²) in [4.78, 5) is 4.44. The van der Waals surface area contributed by atoms with Crippen LogP contribution < -0.4 is 14.8 Å². The van der Waals surface area contributed by atoms with E-state index < -0.39 is 0 Å². The van der Waals surface area contributed by atoms with Crippen LogP contribution in [0.25, 0.3) is 10.9 Å². The minimum absolute atomic E-state index is 0.464. The minimum Gasteiger partial charge on any atom is -0.495 e. The molecule has 0 spiro atoms. The molecule has 2 aromatic carbocycles. The van der Waals surface area contributed by atoms with Crippen LogP contribution in [0.2, 0.25) is 10.0 Å². The van der Waals surface area contributed by atoms with Gasteiger partial charge in [0.05, 0.1) is 38.5 Å². The Morgan fingerprint density at radius 3 is 2.60 bits per heavy atom. The Balaban J connectivity index is 2.08. The third-order valence-corrected chi connectivity index (χ3v) is 5.06. The molecule has 0 aliphatic rings. The van der Waals surface area contributed by atoms with Crippen LogP contribution >= 0.6 is 45.8 Å². The lowest BCUT2D eigenvalue weighted by Crippen LogP contribution is -1.98. The summed E-state index contributed by atoms with van der Waals surface area (Å²) in [6.45, 7) is 2.56. The number of fused-ring (bicyclic) bond motifs is 1. The van der Waals surface area contributed by atoms with Crippen molar-refractivity contribution in [1.82, 2.24) is 4.98 Å². The lowest BCUT2D eigenvalue weighted by molar-refractivity contribution is 0.338. The molecule has 1 aromatic heterocycles. The van der Waals surface area contributed by atoms with E-state index in [1.807, 2.05) is 25.1 Å². The molecule has 0 saturated heterocycles. The normalized spacial score (nSPS) is 10.8. The van der Waals surface area contributed by atoms with Gasteiger partial charge in [-0.3, -0.25) is 4.98 Å². The van der Waals surface area contributed by atoms with Gasteiger partial charge in [-0.1, -0.05) is 23.2 Å². The van der Waals surface area contributed by atoms with Crippen molar-refractivity contribution in [2.45, 2.75) is 6.92 Å². The second-order valence-electron chi connectivity index (χ2n) is 5.18. The fourth-order valence-corrected chi connectivity index (χ4v) is 3.56. The summed E-state index contributed by atoms with van der Waals surface area (Å²) in [5.41, 5.74) is 2.44. The van der Waals surface area contributed by atoms with E-state index in [0.717, 1.165) is 25.9 Å². The van der Waals surface area contributed by atoms with Gasteiger partial charge in [0.15, 0.2) is 0 Å². The molecule has 0 aliphatic carbocycles. The number of methoxy groups -OCH3 is 1. The van der Waals surface area contributed by atoms with Crippen LogP contribution in [-0.2, 0) is 0 Å². The number of benzene rings is 2. The van der Waals surface area contributed by atoms with E-state index in [1.165, 1.54) is 0 Å². The second kappa shape index (κ2) is 7.85. The average molecular weight is 489 g/mol. The predicted octanol–water partition coefficient (Wildman–Crippen LogP) is 6.30. The monoisotopic (exact) mass is 488 g/mol. The zero-order valence-corrected chi connectivity index (χ0v) is 17.2. The maximum absolute atomic E-state index is 6.32. The first-order valence-corrected chi connectivity index (χ1v) is 9.38. The third kappa shape index (κ3) is 3.88. The number of hydrogen-bond donors (Lipinski definition) is 1. The van der Waals surface area contributed by atoms with Crippen LogP contribution in [0.3, 0.4) is 0 Å². The molecule has 0 unspecified atom stereocenters. The lowest BCUT2D eigenvalue weighted by atomic mass is 10.1. The number of halogens is 3. The van der Waals surface area contributed by atoms with Crippen molar-refractivity contribution < 1.29 is 9.47 Å². The van der Waals surface area contributed by atoms with Crippen molar-refractivity contribution in [2.24, 2.45) is 0 Å². The number of pyridine rings is 1. The van der Waals surface area contributed by atoms with Crippen molar-refractivity contribution in [3.63, 3.8) is 0 Å². The number of aromatic nitrogens is 1. The molecule has 0 atom stereocenters. The van der Waals surface area contributed by atoms with Gasteiger partial charge >= 0.3 is 0 Å². The molecule has 3 rings (SSSR count). The largest absolute Gasteiger partial charge is 0.495 e. The Labute approximate surface area is 169 Å². The topological polar surface area (TPSA) is 43.4 Å². The molecule has 0 saturated carbocycles. The maximum Gasteiger partial charge on any atom is 0.139 e. The van der Waals surface area contributed by atoms with Gasteiger partial charge in [0.1, 0.15) is 11.5 Å². The van der Waals surface area contributed by atoms with Gasteiger partial charge in [0.25, 0.3) is 0 Å². The third-order valence-electron chi connectivity index (χ3n) is 3.61. The van der Waals surface area contributed by atoms with Gasteiger partial charge in [0.2, 0.25) is 0 Å². The highest BCUT2D eigenvalue weighted by Crippen LogP contribution is 2.37. The van der Waals surface area contributed by atoms with Gasteiger partial charge < -0.3 is 14.8 Å². The Kier molecular flexibility index (Phi) is 5.76. The van der Waals surface area contributed by atoms with Crippen LogP contribution in [0.4, 0.5) is 11.4 Å². The van der Waals surface area contributed by atoms with Crippen molar-refractivity contribution in [2.75, 3.05) is 19.0 Å². The quantitative estimate of drug-likeness (QED) is 0.428. The SMILES string of the molecule is CCOc1cc2c(Nc3cc(OC)c(Cl)cc3Cl)ccnc2cc1I. The van der Waals surface area contributed by atoms with E-state index in [0.29, 0.717) is 28.1 Å². The zero-order valence-electron chi connectivity index (χ0n) is 13.6. The fourth-order valence-electron chi connectivity index (χ4n) is 2.45. The van der Waals surface area contributed by atoms with E-state index >= 15 is 0 Å². The molecule has 0 aliphatic heterocycles. The first-order chi connectivity index (χ1) is 12.0. The molecule has 1 heterocycles. The number of nitrogens with one attached hydrogen (secondary N) is 1. The molecule has 1 N–H and O–H groups in total. The average Bonchev–Trinajstić information content (AvgIpc) is 2.58. The number of anilines is 2. The molecule has 3 aromatic rings. The zero-order chi connectivity index (χ0) is 18.0. The standard InChI is InChI=1S/C18H15Cl2IN2O2/c1-3-25-18-6-10-14(4-5-22-15(10)8-13(18)21)23-16-9-17(24-2)12(20)7-11(16)19/h4-9H,3H2,1-2H3,(H,22,23). The number of nitrogens with zero attached hydrogens (tertiary/aromatic N) is 1. The van der Waals surface area contributed by atoms with Crippen molar-refractivity contribution in [3.05, 3.63) is 50.1 Å². The van der Waals surface area contributed by atoms with Crippen molar-refractivity contribution >= 4 is 68.1 Å². The summed E-state index contributed by atoms with van der Waals surface area (Å²) in [6.07, 6.45) is 1.75. The molecule has 130 valence electrons. The Morgan fingerprint density at radius 1 is 1.08 bits per heavy atom. The summed E-state index contributed by atoms with van der Waals surface area (Å²) in [5, 5.41) is 5.25. The van der Waals surface area contributed by atoms with Gasteiger partial charge in [-0.25, -0.2) is 0 Å². The summed E-state index contributed by atoms with van der Waals surface area (Å²) in [5.74, 6) is 1.38.